The molecule has 5 nitrogen and oxygen atoms in total. The summed E-state index contributed by atoms with van der Waals surface area (Å²) in [7, 11) is 0. The van der Waals surface area contributed by atoms with Crippen LogP contribution in [0.25, 0.3) is 0 Å². The Morgan fingerprint density at radius 1 is 1.08 bits per heavy atom. The second-order valence-electron chi connectivity index (χ2n) is 5.60. The maximum absolute atomic E-state index is 11.3. The summed E-state index contributed by atoms with van der Waals surface area (Å²) in [5, 5.41) is 13.1. The number of aliphatic carboxylic acids is 1. The maximum atomic E-state index is 11.3. The largest absolute Gasteiger partial charge is 0.492 e. The predicted molar refractivity (Wildman–Crippen MR) is 97.7 cm³/mol. The van der Waals surface area contributed by atoms with E-state index < -0.39 is 12.1 Å². The van der Waals surface area contributed by atoms with E-state index in [1.165, 1.54) is 0 Å². The number of hydrogen-bond donors (Lipinski definition) is 2. The fourth-order valence-corrected chi connectivity index (χ4v) is 2.27. The molecule has 6 heteroatoms. The topological polar surface area (TPSA) is 67.8 Å². The van der Waals surface area contributed by atoms with Gasteiger partial charge in [-0.05, 0) is 49.9 Å². The zero-order chi connectivity index (χ0) is 18.1. The van der Waals surface area contributed by atoms with Crippen molar-refractivity contribution in [3.8, 4) is 11.5 Å². The highest BCUT2D eigenvalue weighted by Crippen LogP contribution is 2.16. The van der Waals surface area contributed by atoms with Gasteiger partial charge in [0.15, 0.2) is 6.10 Å². The number of aryl methyl sites for hydroxylation is 1. The molecule has 0 radical (unpaired) electrons. The molecular weight excluding hydrogens is 342 g/mol. The molecular formula is C19H22ClNO4. The fraction of sp³-hybridized carbons (Fsp3) is 0.316. The lowest BCUT2D eigenvalue weighted by atomic mass is 10.2. The van der Waals surface area contributed by atoms with Crippen molar-refractivity contribution in [1.82, 2.24) is 5.32 Å². The van der Waals surface area contributed by atoms with Crippen LogP contribution in [0.5, 0.6) is 11.5 Å². The minimum Gasteiger partial charge on any atom is -0.492 e. The molecule has 0 aliphatic heterocycles. The van der Waals surface area contributed by atoms with Crippen molar-refractivity contribution in [3.05, 3.63) is 59.1 Å². The molecule has 25 heavy (non-hydrogen) atoms. The molecule has 0 bridgehead atoms. The first kappa shape index (κ1) is 19.1. The molecule has 1 unspecified atom stereocenters. The minimum absolute atomic E-state index is 0.365. The minimum atomic E-state index is -0.972. The molecule has 2 aromatic rings. The van der Waals surface area contributed by atoms with Gasteiger partial charge in [-0.25, -0.2) is 4.79 Å². The Hall–Kier alpha value is -2.24. The predicted octanol–water partition coefficient (Wildman–Crippen LogP) is 3.54. The van der Waals surface area contributed by atoms with Crippen molar-refractivity contribution in [2.24, 2.45) is 0 Å². The third kappa shape index (κ3) is 7.03. The first-order valence-corrected chi connectivity index (χ1v) is 8.47. The monoisotopic (exact) mass is 363 g/mol. The van der Waals surface area contributed by atoms with Crippen LogP contribution >= 0.6 is 11.6 Å². The van der Waals surface area contributed by atoms with Gasteiger partial charge in [0.25, 0.3) is 0 Å². The van der Waals surface area contributed by atoms with Crippen molar-refractivity contribution >= 4 is 17.6 Å². The Labute approximate surface area is 152 Å². The van der Waals surface area contributed by atoms with Gasteiger partial charge in [-0.2, -0.15) is 0 Å². The highest BCUT2D eigenvalue weighted by atomic mass is 35.5. The molecule has 134 valence electrons. The molecule has 0 spiro atoms. The molecule has 2 rings (SSSR count). The summed E-state index contributed by atoms with van der Waals surface area (Å²) in [6, 6.07) is 14.5. The van der Waals surface area contributed by atoms with Crippen LogP contribution in [0.1, 0.15) is 12.0 Å². The van der Waals surface area contributed by atoms with E-state index in [-0.39, 0.29) is 0 Å². The molecule has 0 heterocycles. The van der Waals surface area contributed by atoms with Crippen LogP contribution < -0.4 is 14.8 Å². The third-order valence-corrected chi connectivity index (χ3v) is 3.77. The molecule has 2 aromatic carbocycles. The lowest BCUT2D eigenvalue weighted by Gasteiger charge is -2.15. The Morgan fingerprint density at radius 2 is 1.72 bits per heavy atom. The Morgan fingerprint density at radius 3 is 2.36 bits per heavy atom. The van der Waals surface area contributed by atoms with Gasteiger partial charge >= 0.3 is 5.97 Å². The molecule has 2 N–H and O–H groups in total. The van der Waals surface area contributed by atoms with E-state index in [1.54, 1.807) is 36.4 Å². The number of benzene rings is 2. The van der Waals surface area contributed by atoms with Crippen LogP contribution in [0, 0.1) is 6.92 Å². The van der Waals surface area contributed by atoms with Crippen molar-refractivity contribution in [2.75, 3.05) is 19.7 Å². The van der Waals surface area contributed by atoms with Crippen molar-refractivity contribution < 1.29 is 19.4 Å². The first-order chi connectivity index (χ1) is 12.0. The van der Waals surface area contributed by atoms with Crippen molar-refractivity contribution in [1.29, 1.82) is 0 Å². The number of carbonyl (C=O) groups is 1. The van der Waals surface area contributed by atoms with Gasteiger partial charge in [0.1, 0.15) is 18.1 Å². The van der Waals surface area contributed by atoms with Gasteiger partial charge in [0.05, 0.1) is 0 Å². The number of halogens is 1. The average Bonchev–Trinajstić information content (AvgIpc) is 2.60. The standard InChI is InChI=1S/C19H22ClNO4/c1-14-2-6-17(7-3-14)25-18(19(22)23)10-11-21-12-13-24-16-8-4-15(20)5-9-16/h2-9,18,21H,10-13H2,1H3,(H,22,23). The third-order valence-electron chi connectivity index (χ3n) is 3.52. The van der Waals surface area contributed by atoms with Gasteiger partial charge in [-0.3, -0.25) is 0 Å². The van der Waals surface area contributed by atoms with Gasteiger partial charge in [0, 0.05) is 18.0 Å². The lowest BCUT2D eigenvalue weighted by molar-refractivity contribution is -0.145. The molecule has 0 amide bonds. The lowest BCUT2D eigenvalue weighted by Crippen LogP contribution is -2.32. The van der Waals surface area contributed by atoms with E-state index in [1.807, 2.05) is 19.1 Å². The highest BCUT2D eigenvalue weighted by Gasteiger charge is 2.18. The van der Waals surface area contributed by atoms with Crippen LogP contribution in [0.3, 0.4) is 0 Å². The summed E-state index contributed by atoms with van der Waals surface area (Å²) in [5.41, 5.74) is 1.10. The number of carboxylic acid groups (broad SMARTS) is 1. The van der Waals surface area contributed by atoms with Gasteiger partial charge in [0.2, 0.25) is 0 Å². The quantitative estimate of drug-likeness (QED) is 0.632. The second kappa shape index (κ2) is 9.91. The van der Waals surface area contributed by atoms with Crippen LogP contribution in [0.4, 0.5) is 0 Å². The zero-order valence-corrected chi connectivity index (χ0v) is 14.8. The number of nitrogens with one attached hydrogen (secondary N) is 1. The zero-order valence-electron chi connectivity index (χ0n) is 14.1. The smallest absolute Gasteiger partial charge is 0.344 e. The van der Waals surface area contributed by atoms with Gasteiger partial charge in [-0.1, -0.05) is 29.3 Å². The van der Waals surface area contributed by atoms with Crippen molar-refractivity contribution in [3.63, 3.8) is 0 Å². The van der Waals surface area contributed by atoms with Crippen LogP contribution in [-0.4, -0.2) is 36.9 Å². The van der Waals surface area contributed by atoms with E-state index in [2.05, 4.69) is 5.32 Å². The normalized spacial score (nSPS) is 11.8. The van der Waals surface area contributed by atoms with Gasteiger partial charge < -0.3 is 19.9 Å². The summed E-state index contributed by atoms with van der Waals surface area (Å²) in [4.78, 5) is 11.3. The summed E-state index contributed by atoms with van der Waals surface area (Å²) < 4.78 is 11.1. The van der Waals surface area contributed by atoms with Crippen LogP contribution in [0.2, 0.25) is 5.02 Å². The highest BCUT2D eigenvalue weighted by molar-refractivity contribution is 6.30. The summed E-state index contributed by atoms with van der Waals surface area (Å²) in [6.45, 7) is 3.58. The molecule has 1 atom stereocenters. The Balaban J connectivity index is 1.66. The van der Waals surface area contributed by atoms with Crippen molar-refractivity contribution in [2.45, 2.75) is 19.4 Å². The van der Waals surface area contributed by atoms with Gasteiger partial charge in [-0.15, -0.1) is 0 Å². The summed E-state index contributed by atoms with van der Waals surface area (Å²) >= 11 is 5.81. The SMILES string of the molecule is Cc1ccc(OC(CCNCCOc2ccc(Cl)cc2)C(=O)O)cc1. The second-order valence-corrected chi connectivity index (χ2v) is 6.04. The summed E-state index contributed by atoms with van der Waals surface area (Å²) in [6.07, 6.45) is -0.517. The number of hydrogen-bond acceptors (Lipinski definition) is 4. The molecule has 0 aliphatic rings. The number of rotatable bonds is 10. The van der Waals surface area contributed by atoms with E-state index in [0.29, 0.717) is 36.9 Å². The molecule has 0 saturated heterocycles. The average molecular weight is 364 g/mol. The molecule has 0 aromatic heterocycles. The number of ether oxygens (including phenoxy) is 2. The Kier molecular flexibility index (Phi) is 7.57. The van der Waals surface area contributed by atoms with Crippen LogP contribution in [-0.2, 0) is 4.79 Å². The Bertz CT molecular complexity index is 658. The molecule has 0 fully saturated rings. The van der Waals surface area contributed by atoms with E-state index in [4.69, 9.17) is 21.1 Å². The van der Waals surface area contributed by atoms with Crippen LogP contribution in [0.15, 0.2) is 48.5 Å². The fourth-order valence-electron chi connectivity index (χ4n) is 2.14. The first-order valence-electron chi connectivity index (χ1n) is 8.10. The van der Waals surface area contributed by atoms with E-state index in [0.717, 1.165) is 11.3 Å². The molecule has 0 saturated carbocycles. The van der Waals surface area contributed by atoms with E-state index >= 15 is 0 Å². The maximum Gasteiger partial charge on any atom is 0.344 e. The van der Waals surface area contributed by atoms with E-state index in [9.17, 15) is 9.90 Å². The molecule has 0 aliphatic carbocycles. The summed E-state index contributed by atoms with van der Waals surface area (Å²) in [5.74, 6) is 0.334. The number of carboxylic acids is 1.